The van der Waals surface area contributed by atoms with Gasteiger partial charge in [0.15, 0.2) is 0 Å². The summed E-state index contributed by atoms with van der Waals surface area (Å²) in [5.41, 5.74) is 3.35. The van der Waals surface area contributed by atoms with E-state index in [2.05, 4.69) is 27.9 Å². The third kappa shape index (κ3) is 3.88. The van der Waals surface area contributed by atoms with Crippen LogP contribution in [0.5, 0.6) is 0 Å². The molecule has 4 rings (SSSR count). The molecule has 2 heterocycles. The van der Waals surface area contributed by atoms with E-state index < -0.39 is 11.6 Å². The minimum Gasteiger partial charge on any atom is -0.465 e. The first-order chi connectivity index (χ1) is 15.5. The predicted molar refractivity (Wildman–Crippen MR) is 132 cm³/mol. The number of hydrogen-bond acceptors (Lipinski definition) is 3. The highest BCUT2D eigenvalue weighted by Gasteiger charge is 2.31. The molecule has 33 heavy (non-hydrogen) atoms. The zero-order valence-corrected chi connectivity index (χ0v) is 19.9. The van der Waals surface area contributed by atoms with Crippen LogP contribution in [0.15, 0.2) is 42.7 Å². The number of carboxylic acid groups (broad SMARTS) is 1. The Morgan fingerprint density at radius 3 is 2.55 bits per heavy atom. The summed E-state index contributed by atoms with van der Waals surface area (Å²) in [6.07, 6.45) is 2.67. The average molecular weight is 447 g/mol. The Morgan fingerprint density at radius 1 is 1.15 bits per heavy atom. The SMILES string of the molecule is Cc1c2ccncc2cc2c3cc(C(=O)NC[C@@H](C)N(C(=O)O)C(C)(C)C)ccc3n(C)c12. The van der Waals surface area contributed by atoms with Crippen molar-refractivity contribution in [3.63, 3.8) is 0 Å². The molecule has 0 unspecified atom stereocenters. The Hall–Kier alpha value is -3.61. The van der Waals surface area contributed by atoms with E-state index in [1.807, 2.05) is 58.3 Å². The smallest absolute Gasteiger partial charge is 0.408 e. The summed E-state index contributed by atoms with van der Waals surface area (Å²) in [5, 5.41) is 16.8. The first-order valence-corrected chi connectivity index (χ1v) is 11.1. The Balaban J connectivity index is 1.68. The van der Waals surface area contributed by atoms with Gasteiger partial charge < -0.3 is 15.0 Å². The third-order valence-corrected chi connectivity index (χ3v) is 6.34. The van der Waals surface area contributed by atoms with Gasteiger partial charge >= 0.3 is 6.09 Å². The van der Waals surface area contributed by atoms with Crippen molar-refractivity contribution in [2.45, 2.75) is 46.2 Å². The maximum absolute atomic E-state index is 13.0. The van der Waals surface area contributed by atoms with Gasteiger partial charge in [-0.15, -0.1) is 0 Å². The number of rotatable bonds is 4. The highest BCUT2D eigenvalue weighted by Crippen LogP contribution is 2.35. The molecule has 2 N–H and O–H groups in total. The Labute approximate surface area is 193 Å². The predicted octanol–water partition coefficient (Wildman–Crippen LogP) is 5.08. The van der Waals surface area contributed by atoms with Crippen molar-refractivity contribution in [2.75, 3.05) is 6.54 Å². The molecule has 0 fully saturated rings. The summed E-state index contributed by atoms with van der Waals surface area (Å²) in [6.45, 7) is 9.67. The number of fused-ring (bicyclic) bond motifs is 4. The number of nitrogens with one attached hydrogen (secondary N) is 1. The van der Waals surface area contributed by atoms with Gasteiger partial charge in [-0.1, -0.05) is 0 Å². The number of pyridine rings is 1. The van der Waals surface area contributed by atoms with Crippen LogP contribution in [-0.2, 0) is 7.05 Å². The molecule has 7 nitrogen and oxygen atoms in total. The van der Waals surface area contributed by atoms with Crippen LogP contribution in [0, 0.1) is 6.92 Å². The molecule has 0 radical (unpaired) electrons. The lowest BCUT2D eigenvalue weighted by atomic mass is 10.0. The number of benzene rings is 2. The second kappa shape index (κ2) is 8.06. The van der Waals surface area contributed by atoms with E-state index >= 15 is 0 Å². The number of hydrogen-bond donors (Lipinski definition) is 2. The topological polar surface area (TPSA) is 87.5 Å². The van der Waals surface area contributed by atoms with Crippen LogP contribution in [0.4, 0.5) is 4.79 Å². The molecular formula is C26H30N4O3. The molecule has 0 aliphatic rings. The van der Waals surface area contributed by atoms with E-state index in [1.54, 1.807) is 13.1 Å². The quantitative estimate of drug-likeness (QED) is 0.457. The molecule has 4 aromatic rings. The maximum Gasteiger partial charge on any atom is 0.408 e. The zero-order valence-electron chi connectivity index (χ0n) is 19.9. The van der Waals surface area contributed by atoms with E-state index in [1.165, 1.54) is 10.5 Å². The van der Waals surface area contributed by atoms with Gasteiger partial charge in [0.25, 0.3) is 5.91 Å². The molecule has 0 bridgehead atoms. The van der Waals surface area contributed by atoms with E-state index in [0.717, 1.165) is 32.6 Å². The number of amides is 2. The van der Waals surface area contributed by atoms with Gasteiger partial charge in [0, 0.05) is 58.8 Å². The van der Waals surface area contributed by atoms with Crippen LogP contribution in [0.25, 0.3) is 32.6 Å². The van der Waals surface area contributed by atoms with E-state index in [-0.39, 0.29) is 18.5 Å². The molecule has 2 aromatic heterocycles. The van der Waals surface area contributed by atoms with Crippen LogP contribution < -0.4 is 5.32 Å². The monoisotopic (exact) mass is 446 g/mol. The van der Waals surface area contributed by atoms with Gasteiger partial charge in [-0.05, 0) is 75.9 Å². The standard InChI is InChI=1S/C26H30N4O3/c1-15(30(25(32)33)26(3,4)5)13-28-24(31)17-7-8-22-20(11-17)21-12-18-14-27-10-9-19(18)16(2)23(21)29(22)6/h7-12,14-15H,13H2,1-6H3,(H,28,31)(H,32,33)/t15-/m1/s1. The van der Waals surface area contributed by atoms with Gasteiger partial charge in [0.2, 0.25) is 0 Å². The first-order valence-electron chi connectivity index (χ1n) is 11.1. The van der Waals surface area contributed by atoms with Gasteiger partial charge in [-0.2, -0.15) is 0 Å². The van der Waals surface area contributed by atoms with Gasteiger partial charge in [-0.3, -0.25) is 14.7 Å². The molecule has 172 valence electrons. The summed E-state index contributed by atoms with van der Waals surface area (Å²) in [7, 11) is 2.04. The molecule has 0 spiro atoms. The zero-order chi connectivity index (χ0) is 24.1. The Morgan fingerprint density at radius 2 is 1.88 bits per heavy atom. The minimum atomic E-state index is -1.00. The van der Waals surface area contributed by atoms with Crippen molar-refractivity contribution in [1.29, 1.82) is 0 Å². The molecule has 2 aromatic carbocycles. The lowest BCUT2D eigenvalue weighted by Crippen LogP contribution is -2.53. The largest absolute Gasteiger partial charge is 0.465 e. The number of carbonyl (C=O) groups excluding carboxylic acids is 1. The van der Waals surface area contributed by atoms with Crippen molar-refractivity contribution < 1.29 is 14.7 Å². The summed E-state index contributed by atoms with van der Waals surface area (Å²) in [6, 6.07) is 9.49. The lowest BCUT2D eigenvalue weighted by molar-refractivity contribution is 0.0714. The van der Waals surface area contributed by atoms with E-state index in [4.69, 9.17) is 0 Å². The summed E-state index contributed by atoms with van der Waals surface area (Å²) in [4.78, 5) is 30.3. The molecule has 0 saturated carbocycles. The average Bonchev–Trinajstić information content (AvgIpc) is 3.02. The van der Waals surface area contributed by atoms with E-state index in [9.17, 15) is 14.7 Å². The highest BCUT2D eigenvalue weighted by molar-refractivity contribution is 6.15. The summed E-state index contributed by atoms with van der Waals surface area (Å²) < 4.78 is 2.16. The molecular weight excluding hydrogens is 416 g/mol. The van der Waals surface area contributed by atoms with Gasteiger partial charge in [0.05, 0.1) is 11.6 Å². The minimum absolute atomic E-state index is 0.223. The summed E-state index contributed by atoms with van der Waals surface area (Å²) in [5.74, 6) is -0.223. The van der Waals surface area contributed by atoms with Crippen molar-refractivity contribution >= 4 is 44.6 Å². The fraction of sp³-hybridized carbons (Fsp3) is 0.346. The maximum atomic E-state index is 13.0. The molecule has 0 saturated heterocycles. The number of carbonyl (C=O) groups is 2. The van der Waals surface area contributed by atoms with Crippen molar-refractivity contribution in [2.24, 2.45) is 7.05 Å². The number of aryl methyl sites for hydroxylation is 2. The highest BCUT2D eigenvalue weighted by atomic mass is 16.4. The molecule has 1 atom stereocenters. The molecule has 2 amide bonds. The Kier molecular flexibility index (Phi) is 5.52. The van der Waals surface area contributed by atoms with Gasteiger partial charge in [-0.25, -0.2) is 4.79 Å². The summed E-state index contributed by atoms with van der Waals surface area (Å²) >= 11 is 0. The fourth-order valence-electron chi connectivity index (χ4n) is 4.93. The molecule has 0 aliphatic carbocycles. The second-order valence-electron chi connectivity index (χ2n) is 9.67. The van der Waals surface area contributed by atoms with Crippen LogP contribution >= 0.6 is 0 Å². The number of aromatic nitrogens is 2. The van der Waals surface area contributed by atoms with Crippen molar-refractivity contribution in [1.82, 2.24) is 19.8 Å². The molecule has 7 heteroatoms. The van der Waals surface area contributed by atoms with Gasteiger partial charge in [0.1, 0.15) is 0 Å². The van der Waals surface area contributed by atoms with E-state index in [0.29, 0.717) is 5.56 Å². The second-order valence-corrected chi connectivity index (χ2v) is 9.67. The normalized spacial score (nSPS) is 12.9. The van der Waals surface area contributed by atoms with Crippen molar-refractivity contribution in [3.05, 3.63) is 53.9 Å². The first kappa shape index (κ1) is 22.6. The lowest BCUT2D eigenvalue weighted by Gasteiger charge is -2.38. The fourth-order valence-corrected chi connectivity index (χ4v) is 4.93. The Bertz CT molecular complexity index is 1400. The number of nitrogens with zero attached hydrogens (tertiary/aromatic N) is 3. The van der Waals surface area contributed by atoms with Crippen LogP contribution in [0.2, 0.25) is 0 Å². The molecule has 0 aliphatic heterocycles. The van der Waals surface area contributed by atoms with Crippen molar-refractivity contribution in [3.8, 4) is 0 Å². The van der Waals surface area contributed by atoms with Crippen LogP contribution in [-0.4, -0.2) is 49.7 Å². The third-order valence-electron chi connectivity index (χ3n) is 6.34. The van der Waals surface area contributed by atoms with Crippen LogP contribution in [0.1, 0.15) is 43.6 Å². The van der Waals surface area contributed by atoms with Crippen LogP contribution in [0.3, 0.4) is 0 Å².